The zero-order valence-electron chi connectivity index (χ0n) is 12.3. The van der Waals surface area contributed by atoms with Crippen molar-refractivity contribution in [2.24, 2.45) is 0 Å². The fraction of sp³-hybridized carbons (Fsp3) is 0.571. The van der Waals surface area contributed by atoms with E-state index in [9.17, 15) is 12.8 Å². The Morgan fingerprint density at radius 1 is 1.24 bits per heavy atom. The van der Waals surface area contributed by atoms with Gasteiger partial charge in [-0.1, -0.05) is 32.3 Å². The fourth-order valence-corrected chi connectivity index (χ4v) is 3.74. The number of rotatable bonds is 9. The molecule has 1 aromatic carbocycles. The van der Waals surface area contributed by atoms with Crippen LogP contribution in [0.25, 0.3) is 0 Å². The summed E-state index contributed by atoms with van der Waals surface area (Å²) in [4.78, 5) is -0.506. The lowest BCUT2D eigenvalue weighted by molar-refractivity contribution is 0.251. The standard InChI is InChI=1S/C14H23FN2O3S/c1-2-3-4-5-9-17(10-11-18)21(19,20)14-12(15)7-6-8-13(14)16/h6-8,18H,2-5,9-11,16H2,1H3. The number of aliphatic hydroxyl groups is 1. The maximum Gasteiger partial charge on any atom is 0.248 e. The molecule has 120 valence electrons. The summed E-state index contributed by atoms with van der Waals surface area (Å²) in [6.07, 6.45) is 3.60. The predicted octanol–water partition coefficient (Wildman–Crippen LogP) is 1.97. The Morgan fingerprint density at radius 2 is 1.95 bits per heavy atom. The van der Waals surface area contributed by atoms with Gasteiger partial charge in [-0.3, -0.25) is 0 Å². The lowest BCUT2D eigenvalue weighted by atomic mass is 10.2. The SMILES string of the molecule is CCCCCCN(CCO)S(=O)(=O)c1c(N)cccc1F. The second kappa shape index (κ2) is 8.31. The third-order valence-electron chi connectivity index (χ3n) is 3.21. The monoisotopic (exact) mass is 318 g/mol. The molecule has 0 heterocycles. The molecular weight excluding hydrogens is 295 g/mol. The number of hydrogen-bond acceptors (Lipinski definition) is 4. The van der Waals surface area contributed by atoms with E-state index in [1.54, 1.807) is 0 Å². The summed E-state index contributed by atoms with van der Waals surface area (Å²) in [5.74, 6) is -0.869. The largest absolute Gasteiger partial charge is 0.398 e. The summed E-state index contributed by atoms with van der Waals surface area (Å²) in [6, 6.07) is 3.78. The van der Waals surface area contributed by atoms with Gasteiger partial charge in [0.2, 0.25) is 10.0 Å². The van der Waals surface area contributed by atoms with Crippen LogP contribution in [0, 0.1) is 5.82 Å². The summed E-state index contributed by atoms with van der Waals surface area (Å²) >= 11 is 0. The van der Waals surface area contributed by atoms with E-state index >= 15 is 0 Å². The van der Waals surface area contributed by atoms with Gasteiger partial charge in [0.1, 0.15) is 10.7 Å². The summed E-state index contributed by atoms with van der Waals surface area (Å²) in [5.41, 5.74) is 5.49. The van der Waals surface area contributed by atoms with Crippen LogP contribution >= 0.6 is 0 Å². The Bertz CT molecular complexity index is 529. The van der Waals surface area contributed by atoms with Gasteiger partial charge in [0.15, 0.2) is 0 Å². The molecule has 0 amide bonds. The predicted molar refractivity (Wildman–Crippen MR) is 80.8 cm³/mol. The Hall–Kier alpha value is -1.18. The molecule has 0 radical (unpaired) electrons. The van der Waals surface area contributed by atoms with Crippen LogP contribution in [0.4, 0.5) is 10.1 Å². The summed E-state index contributed by atoms with van der Waals surface area (Å²) < 4.78 is 40.0. The number of nitrogens with zero attached hydrogens (tertiary/aromatic N) is 1. The number of benzene rings is 1. The molecule has 5 nitrogen and oxygen atoms in total. The van der Waals surface area contributed by atoms with Gasteiger partial charge >= 0.3 is 0 Å². The zero-order chi connectivity index (χ0) is 15.9. The minimum absolute atomic E-state index is 0.0672. The molecule has 21 heavy (non-hydrogen) atoms. The van der Waals surface area contributed by atoms with Crippen molar-refractivity contribution in [1.82, 2.24) is 4.31 Å². The van der Waals surface area contributed by atoms with Gasteiger partial charge in [0, 0.05) is 13.1 Å². The first kappa shape index (κ1) is 17.9. The zero-order valence-corrected chi connectivity index (χ0v) is 13.1. The van der Waals surface area contributed by atoms with Crippen LogP contribution in [0.2, 0.25) is 0 Å². The number of anilines is 1. The van der Waals surface area contributed by atoms with Crippen molar-refractivity contribution in [3.8, 4) is 0 Å². The van der Waals surface area contributed by atoms with Crippen molar-refractivity contribution in [1.29, 1.82) is 0 Å². The Labute approximate surface area is 125 Å². The van der Waals surface area contributed by atoms with Crippen LogP contribution in [0.1, 0.15) is 32.6 Å². The van der Waals surface area contributed by atoms with Gasteiger partial charge in [0.05, 0.1) is 12.3 Å². The lowest BCUT2D eigenvalue weighted by Gasteiger charge is -2.22. The van der Waals surface area contributed by atoms with Gasteiger partial charge in [0.25, 0.3) is 0 Å². The smallest absolute Gasteiger partial charge is 0.248 e. The second-order valence-corrected chi connectivity index (χ2v) is 6.72. The number of hydrogen-bond donors (Lipinski definition) is 2. The minimum atomic E-state index is -4.04. The highest BCUT2D eigenvalue weighted by Gasteiger charge is 2.28. The average Bonchev–Trinajstić information content (AvgIpc) is 2.41. The van der Waals surface area contributed by atoms with Crippen LogP contribution in [0.5, 0.6) is 0 Å². The molecule has 0 aliphatic rings. The number of nitrogens with two attached hydrogens (primary N) is 1. The van der Waals surface area contributed by atoms with Crippen molar-refractivity contribution >= 4 is 15.7 Å². The highest BCUT2D eigenvalue weighted by Crippen LogP contribution is 2.25. The summed E-state index contributed by atoms with van der Waals surface area (Å²) in [6.45, 7) is 1.92. The molecule has 1 aromatic rings. The molecule has 0 aliphatic heterocycles. The van der Waals surface area contributed by atoms with Crippen molar-refractivity contribution in [2.45, 2.75) is 37.5 Å². The van der Waals surface area contributed by atoms with Crippen molar-refractivity contribution < 1.29 is 17.9 Å². The number of unbranched alkanes of at least 4 members (excludes halogenated alkanes) is 3. The molecule has 0 saturated carbocycles. The molecule has 0 aliphatic carbocycles. The van der Waals surface area contributed by atoms with Crippen molar-refractivity contribution in [2.75, 3.05) is 25.4 Å². The lowest BCUT2D eigenvalue weighted by Crippen LogP contribution is -2.35. The minimum Gasteiger partial charge on any atom is -0.398 e. The van der Waals surface area contributed by atoms with E-state index in [4.69, 9.17) is 10.8 Å². The van der Waals surface area contributed by atoms with Gasteiger partial charge < -0.3 is 10.8 Å². The molecule has 0 unspecified atom stereocenters. The molecule has 1 rings (SSSR count). The number of aliphatic hydroxyl groups excluding tert-OH is 1. The Kier molecular flexibility index (Phi) is 7.07. The van der Waals surface area contributed by atoms with Gasteiger partial charge in [-0.05, 0) is 18.6 Å². The quantitative estimate of drug-likeness (QED) is 0.538. The molecule has 0 saturated heterocycles. The normalized spacial score (nSPS) is 12.0. The van der Waals surface area contributed by atoms with Gasteiger partial charge in [-0.15, -0.1) is 0 Å². The first-order valence-electron chi connectivity index (χ1n) is 7.10. The van der Waals surface area contributed by atoms with Crippen LogP contribution in [-0.2, 0) is 10.0 Å². The maximum absolute atomic E-state index is 13.8. The van der Waals surface area contributed by atoms with E-state index in [1.165, 1.54) is 12.1 Å². The Balaban J connectivity index is 2.99. The van der Waals surface area contributed by atoms with Crippen LogP contribution in [-0.4, -0.2) is 37.5 Å². The highest BCUT2D eigenvalue weighted by atomic mass is 32.2. The number of nitrogen functional groups attached to an aromatic ring is 1. The van der Waals surface area contributed by atoms with E-state index < -0.39 is 20.7 Å². The number of sulfonamides is 1. The third-order valence-corrected chi connectivity index (χ3v) is 5.20. The fourth-order valence-electron chi connectivity index (χ4n) is 2.11. The van der Waals surface area contributed by atoms with Crippen LogP contribution in [0.15, 0.2) is 23.1 Å². The summed E-state index contributed by atoms with van der Waals surface area (Å²) in [7, 11) is -4.04. The van der Waals surface area contributed by atoms with Crippen LogP contribution in [0.3, 0.4) is 0 Å². The van der Waals surface area contributed by atoms with E-state index in [2.05, 4.69) is 6.92 Å². The molecule has 3 N–H and O–H groups in total. The molecule has 0 spiro atoms. The van der Waals surface area contributed by atoms with E-state index in [-0.39, 0.29) is 25.4 Å². The molecular formula is C14H23FN2O3S. The van der Waals surface area contributed by atoms with Gasteiger partial charge in [-0.2, -0.15) is 4.31 Å². The summed E-state index contributed by atoms with van der Waals surface area (Å²) in [5, 5.41) is 9.06. The van der Waals surface area contributed by atoms with Crippen molar-refractivity contribution in [3.63, 3.8) is 0 Å². The molecule has 0 aromatic heterocycles. The molecule has 0 bridgehead atoms. The third kappa shape index (κ3) is 4.66. The topological polar surface area (TPSA) is 83.6 Å². The molecule has 0 fully saturated rings. The average molecular weight is 318 g/mol. The van der Waals surface area contributed by atoms with E-state index in [1.807, 2.05) is 0 Å². The Morgan fingerprint density at radius 3 is 2.52 bits per heavy atom. The first-order chi connectivity index (χ1) is 9.95. The van der Waals surface area contributed by atoms with E-state index in [0.717, 1.165) is 29.6 Å². The molecule has 7 heteroatoms. The highest BCUT2D eigenvalue weighted by molar-refractivity contribution is 7.89. The van der Waals surface area contributed by atoms with Crippen LogP contribution < -0.4 is 5.73 Å². The molecule has 0 atom stereocenters. The van der Waals surface area contributed by atoms with E-state index in [0.29, 0.717) is 6.42 Å². The van der Waals surface area contributed by atoms with Crippen molar-refractivity contribution in [3.05, 3.63) is 24.0 Å². The number of halogens is 1. The maximum atomic E-state index is 13.8. The first-order valence-corrected chi connectivity index (χ1v) is 8.54. The van der Waals surface area contributed by atoms with Gasteiger partial charge in [-0.25, -0.2) is 12.8 Å². The second-order valence-electron chi connectivity index (χ2n) is 4.85.